The van der Waals surface area contributed by atoms with E-state index in [1.165, 1.54) is 36.6 Å². The molecule has 4 aromatic carbocycles. The molecule has 4 heterocycles. The van der Waals surface area contributed by atoms with Crippen molar-refractivity contribution in [3.05, 3.63) is 116 Å². The number of nitrogens with zero attached hydrogens (tertiary/aromatic N) is 7. The number of amides is 1. The fourth-order valence-corrected chi connectivity index (χ4v) is 11.5. The lowest BCUT2D eigenvalue weighted by Gasteiger charge is -2.33. The summed E-state index contributed by atoms with van der Waals surface area (Å²) in [4.78, 5) is 49.7. The molecule has 15 nitrogen and oxygen atoms in total. The van der Waals surface area contributed by atoms with Gasteiger partial charge in [-0.15, -0.1) is 10.2 Å². The summed E-state index contributed by atoms with van der Waals surface area (Å²) < 4.78 is 8.75. The number of rotatable bonds is 12. The summed E-state index contributed by atoms with van der Waals surface area (Å²) in [5.74, 6) is -1.58. The number of aliphatic carboxylic acids is 2. The monoisotopic (exact) mass is 981 g/mol. The average Bonchev–Trinajstić information content (AvgIpc) is 4.05. The van der Waals surface area contributed by atoms with Crippen LogP contribution in [0.5, 0.6) is 0 Å². The number of hydrogen-bond donors (Lipinski definition) is 3. The van der Waals surface area contributed by atoms with Crippen LogP contribution in [0.3, 0.4) is 0 Å². The van der Waals surface area contributed by atoms with Gasteiger partial charge in [-0.3, -0.25) is 19.2 Å². The van der Waals surface area contributed by atoms with Gasteiger partial charge in [-0.05, 0) is 141 Å². The topological polar surface area (TPSA) is 195 Å². The van der Waals surface area contributed by atoms with Gasteiger partial charge in [0.2, 0.25) is 5.91 Å². The van der Waals surface area contributed by atoms with Gasteiger partial charge in [-0.2, -0.15) is 0 Å². The molecule has 2 saturated carbocycles. The largest absolute Gasteiger partial charge is 0.481 e. The van der Waals surface area contributed by atoms with Crippen molar-refractivity contribution >= 4 is 45.9 Å². The number of esters is 1. The molecule has 2 aliphatic carbocycles. The molecular weight excluding hydrogens is 909 g/mol. The fourth-order valence-electron chi connectivity index (χ4n) is 11.5. The Bertz CT molecular complexity index is 2890. The Morgan fingerprint density at radius 2 is 1.19 bits per heavy atom. The van der Waals surface area contributed by atoms with Crippen LogP contribution in [0, 0.1) is 25.7 Å². The van der Waals surface area contributed by atoms with E-state index >= 15 is 0 Å². The van der Waals surface area contributed by atoms with E-state index in [1.807, 2.05) is 40.2 Å². The summed E-state index contributed by atoms with van der Waals surface area (Å²) in [6.07, 6.45) is 13.0. The zero-order chi connectivity index (χ0) is 50.9. The predicted octanol–water partition coefficient (Wildman–Crippen LogP) is 9.58. The summed E-state index contributed by atoms with van der Waals surface area (Å²) in [6, 6.07) is 21.1. The molecular formula is C57H72N8O7. The highest BCUT2D eigenvalue weighted by atomic mass is 16.5. The number of carbonyl (C=O) groups excluding carboxylic acids is 2. The maximum Gasteiger partial charge on any atom is 0.306 e. The number of methoxy groups -OCH3 is 1. The van der Waals surface area contributed by atoms with E-state index in [4.69, 9.17) is 9.84 Å². The van der Waals surface area contributed by atoms with Gasteiger partial charge < -0.3 is 25.2 Å². The number of ether oxygens (including phenoxy) is 1. The number of nitrogens with one attached hydrogen (secondary N) is 1. The van der Waals surface area contributed by atoms with Crippen molar-refractivity contribution in [1.29, 1.82) is 0 Å². The third-order valence-electron chi connectivity index (χ3n) is 15.7. The normalized spacial score (nSPS) is 16.9. The van der Waals surface area contributed by atoms with Crippen LogP contribution < -0.4 is 5.32 Å². The first kappa shape index (κ1) is 51.9. The molecule has 4 aliphatic rings. The van der Waals surface area contributed by atoms with E-state index in [1.54, 1.807) is 0 Å². The minimum absolute atomic E-state index is 0.00222. The summed E-state index contributed by atoms with van der Waals surface area (Å²) >= 11 is 0. The van der Waals surface area contributed by atoms with Gasteiger partial charge in [0.25, 0.3) is 0 Å². The van der Waals surface area contributed by atoms with Crippen molar-refractivity contribution in [3.8, 4) is 0 Å². The van der Waals surface area contributed by atoms with E-state index < -0.39 is 11.9 Å². The van der Waals surface area contributed by atoms with Gasteiger partial charge in [0.05, 0.1) is 36.9 Å². The number of aryl methyl sites for hydroxylation is 4. The molecule has 0 saturated heterocycles. The van der Waals surface area contributed by atoms with Crippen molar-refractivity contribution in [1.82, 2.24) is 40.2 Å². The average molecular weight is 981 g/mol. The van der Waals surface area contributed by atoms with Crippen LogP contribution in [0.4, 0.5) is 0 Å². The van der Waals surface area contributed by atoms with E-state index in [0.29, 0.717) is 18.9 Å². The Kier molecular flexibility index (Phi) is 17.2. The molecule has 2 aliphatic heterocycles. The van der Waals surface area contributed by atoms with Gasteiger partial charge in [0.15, 0.2) is 0 Å². The first-order chi connectivity index (χ1) is 34.9. The number of hydrogen-bond acceptors (Lipinski definition) is 10. The lowest BCUT2D eigenvalue weighted by Crippen LogP contribution is -2.40. The Hall–Kier alpha value is -6.48. The Morgan fingerprint density at radius 1 is 0.667 bits per heavy atom. The number of benzene rings is 4. The summed E-state index contributed by atoms with van der Waals surface area (Å²) in [7, 11) is 1.44. The summed E-state index contributed by atoms with van der Waals surface area (Å²) in [5, 5.41) is 39.0. The van der Waals surface area contributed by atoms with Crippen LogP contribution in [0.15, 0.2) is 60.7 Å². The molecule has 6 aromatic rings. The second-order valence-electron chi connectivity index (χ2n) is 20.1. The molecule has 0 bridgehead atoms. The molecule has 72 heavy (non-hydrogen) atoms. The van der Waals surface area contributed by atoms with Gasteiger partial charge in [0, 0.05) is 50.5 Å². The van der Waals surface area contributed by atoms with Crippen molar-refractivity contribution in [2.24, 2.45) is 11.8 Å². The highest BCUT2D eigenvalue weighted by Gasteiger charge is 2.30. The maximum absolute atomic E-state index is 13.2. The Balaban J connectivity index is 0.000000167. The number of fused-ring (bicyclic) bond motifs is 4. The van der Waals surface area contributed by atoms with Crippen LogP contribution in [-0.4, -0.2) is 89.1 Å². The van der Waals surface area contributed by atoms with Crippen molar-refractivity contribution < 1.29 is 34.1 Å². The molecule has 2 aromatic heterocycles. The number of carboxylic acids is 2. The van der Waals surface area contributed by atoms with E-state index in [-0.39, 0.29) is 36.1 Å². The molecule has 382 valence electrons. The second kappa shape index (κ2) is 23.8. The van der Waals surface area contributed by atoms with Crippen LogP contribution in [0.25, 0.3) is 22.1 Å². The van der Waals surface area contributed by atoms with Gasteiger partial charge in [-0.1, -0.05) is 97.5 Å². The standard InChI is InChI=1S/C28H34N4O3.C22H26N4O2.C7H12O2/c1-3-32-25-12-11-23(18(2)27(25)29-30-32)24(16-26(33)34)21-10-9-19-13-14-31(17-22(19)15-21)28(35)20-7-5-4-6-8-20;1-4-26-20-8-7-18(14(2)22(20)24-25-26)19(12-21(27)28-3)16-6-5-15-9-10-23-13-17(15)11-16;8-7(9)6-4-2-1-3-5-6/h9-12,15,20,24H,3-8,13-14,16-17H2,1-2H3,(H,33,34);5-8,11,19,23H,4,9-10,12-13H2,1-3H3;6H,1-5H2,(H,8,9). The third-order valence-corrected chi connectivity index (χ3v) is 15.7. The fraction of sp³-hybridized carbons (Fsp3) is 0.509. The van der Waals surface area contributed by atoms with Crippen LogP contribution in [0.1, 0.15) is 158 Å². The molecule has 0 spiro atoms. The van der Waals surface area contributed by atoms with E-state index in [9.17, 15) is 24.3 Å². The van der Waals surface area contributed by atoms with Crippen molar-refractivity contribution in [2.45, 2.75) is 156 Å². The minimum Gasteiger partial charge on any atom is -0.481 e. The van der Waals surface area contributed by atoms with E-state index in [2.05, 4.69) is 88.3 Å². The molecule has 3 N–H and O–H groups in total. The van der Waals surface area contributed by atoms with Gasteiger partial charge >= 0.3 is 17.9 Å². The summed E-state index contributed by atoms with van der Waals surface area (Å²) in [5.41, 5.74) is 15.0. The first-order valence-electron chi connectivity index (χ1n) is 26.3. The Morgan fingerprint density at radius 3 is 1.71 bits per heavy atom. The predicted molar refractivity (Wildman–Crippen MR) is 277 cm³/mol. The van der Waals surface area contributed by atoms with Crippen molar-refractivity contribution in [2.75, 3.05) is 20.2 Å². The summed E-state index contributed by atoms with van der Waals surface area (Å²) in [6.45, 7) is 12.9. The maximum atomic E-state index is 13.2. The zero-order valence-corrected chi connectivity index (χ0v) is 42.8. The second-order valence-corrected chi connectivity index (χ2v) is 20.1. The lowest BCUT2D eigenvalue weighted by atomic mass is 9.83. The molecule has 1 amide bonds. The lowest BCUT2D eigenvalue weighted by molar-refractivity contribution is -0.143. The highest BCUT2D eigenvalue weighted by molar-refractivity contribution is 5.82. The van der Waals surface area contributed by atoms with Gasteiger partial charge in [-0.25, -0.2) is 9.36 Å². The van der Waals surface area contributed by atoms with Gasteiger partial charge in [0.1, 0.15) is 11.0 Å². The minimum atomic E-state index is -0.835. The number of carboxylic acid groups (broad SMARTS) is 2. The van der Waals surface area contributed by atoms with Crippen molar-refractivity contribution in [3.63, 3.8) is 0 Å². The molecule has 2 fully saturated rings. The number of aromatic nitrogens is 6. The van der Waals surface area contributed by atoms with Crippen LogP contribution in [-0.2, 0) is 62.9 Å². The third kappa shape index (κ3) is 11.7. The van der Waals surface area contributed by atoms with Crippen LogP contribution >= 0.6 is 0 Å². The highest BCUT2D eigenvalue weighted by Crippen LogP contribution is 2.37. The smallest absolute Gasteiger partial charge is 0.306 e. The molecule has 15 heteroatoms. The van der Waals surface area contributed by atoms with Crippen LogP contribution in [0.2, 0.25) is 0 Å². The SMILES string of the molecule is CCn1nnc2c(C)c(C(CC(=O)O)c3ccc4c(c3)CN(C(=O)C3CCCCC3)CC4)ccc21.CCn1nnc2c(C)c(C(CC(=O)OC)c3ccc4c(c3)CNCC4)ccc21.O=C(O)C1CCCCC1. The molecule has 10 rings (SSSR count). The zero-order valence-electron chi connectivity index (χ0n) is 42.8. The number of carbonyl (C=O) groups is 4. The molecule has 0 radical (unpaired) electrons. The first-order valence-corrected chi connectivity index (χ1v) is 26.3. The Labute approximate surface area is 422 Å². The molecule has 2 unspecified atom stereocenters. The molecule has 2 atom stereocenters. The van der Waals surface area contributed by atoms with E-state index in [0.717, 1.165) is 158 Å². The quantitative estimate of drug-likeness (QED) is 0.0985.